The normalized spacial score (nSPS) is 10.6. The summed E-state index contributed by atoms with van der Waals surface area (Å²) in [6.45, 7) is 2.80. The van der Waals surface area contributed by atoms with E-state index in [0.717, 1.165) is 11.1 Å². The molecule has 0 aliphatic rings. The third-order valence-electron chi connectivity index (χ3n) is 3.25. The summed E-state index contributed by atoms with van der Waals surface area (Å²) < 4.78 is 11.0. The van der Waals surface area contributed by atoms with Crippen molar-refractivity contribution in [3.63, 3.8) is 0 Å². The Hall–Kier alpha value is -2.82. The van der Waals surface area contributed by atoms with Gasteiger partial charge in [0.25, 0.3) is 5.91 Å². The average molecular weight is 296 g/mol. The summed E-state index contributed by atoms with van der Waals surface area (Å²) in [7, 11) is 0. The number of hydrogen-bond donors (Lipinski definition) is 1. The van der Waals surface area contributed by atoms with Gasteiger partial charge in [-0.25, -0.2) is 0 Å². The molecule has 112 valence electrons. The van der Waals surface area contributed by atoms with Crippen LogP contribution in [0.3, 0.4) is 0 Å². The highest BCUT2D eigenvalue weighted by atomic mass is 16.5. The zero-order valence-electron chi connectivity index (χ0n) is 12.2. The Kier molecular flexibility index (Phi) is 4.05. The van der Waals surface area contributed by atoms with Gasteiger partial charge < -0.3 is 14.5 Å². The summed E-state index contributed by atoms with van der Waals surface area (Å²) >= 11 is 0. The molecule has 3 rings (SSSR count). The molecule has 5 heteroatoms. The van der Waals surface area contributed by atoms with E-state index in [9.17, 15) is 4.79 Å². The molecule has 1 amide bonds. The van der Waals surface area contributed by atoms with Crippen molar-refractivity contribution in [3.05, 3.63) is 60.1 Å². The van der Waals surface area contributed by atoms with Crippen LogP contribution in [0.4, 0.5) is 0 Å². The van der Waals surface area contributed by atoms with Crippen LogP contribution in [0.15, 0.2) is 53.3 Å². The van der Waals surface area contributed by atoms with Gasteiger partial charge in [0.05, 0.1) is 30.5 Å². The lowest BCUT2D eigenvalue weighted by atomic mass is 10.1. The summed E-state index contributed by atoms with van der Waals surface area (Å²) in [6, 6.07) is 10.9. The monoisotopic (exact) mass is 296 g/mol. The molecule has 0 saturated carbocycles. The predicted octanol–water partition coefficient (Wildman–Crippen LogP) is 3.16. The fourth-order valence-corrected chi connectivity index (χ4v) is 2.22. The first-order valence-corrected chi connectivity index (χ1v) is 7.10. The van der Waals surface area contributed by atoms with E-state index in [2.05, 4.69) is 10.3 Å². The van der Waals surface area contributed by atoms with Crippen molar-refractivity contribution < 1.29 is 13.9 Å². The second-order valence-electron chi connectivity index (χ2n) is 4.74. The highest BCUT2D eigenvalue weighted by molar-refractivity contribution is 5.99. The van der Waals surface area contributed by atoms with E-state index in [4.69, 9.17) is 9.15 Å². The van der Waals surface area contributed by atoms with E-state index < -0.39 is 0 Å². The van der Waals surface area contributed by atoms with Gasteiger partial charge in [-0.2, -0.15) is 0 Å². The number of benzene rings is 1. The Balaban J connectivity index is 1.81. The van der Waals surface area contributed by atoms with Crippen LogP contribution >= 0.6 is 0 Å². The molecule has 3 aromatic rings. The van der Waals surface area contributed by atoms with Crippen molar-refractivity contribution in [1.82, 2.24) is 10.3 Å². The molecule has 0 aliphatic heterocycles. The molecule has 1 aromatic carbocycles. The molecule has 0 unspecified atom stereocenters. The Morgan fingerprint density at radius 2 is 2.23 bits per heavy atom. The third kappa shape index (κ3) is 2.93. The highest BCUT2D eigenvalue weighted by Gasteiger charge is 2.13. The van der Waals surface area contributed by atoms with Crippen molar-refractivity contribution >= 4 is 16.9 Å². The van der Waals surface area contributed by atoms with Gasteiger partial charge in [0, 0.05) is 11.8 Å². The number of aromatic nitrogens is 1. The molecule has 2 aromatic heterocycles. The van der Waals surface area contributed by atoms with Gasteiger partial charge in [-0.1, -0.05) is 6.07 Å². The number of ether oxygens (including phenoxy) is 1. The number of carbonyl (C=O) groups is 1. The quantitative estimate of drug-likeness (QED) is 0.785. The number of carbonyl (C=O) groups excluding carboxylic acids is 1. The molecule has 22 heavy (non-hydrogen) atoms. The van der Waals surface area contributed by atoms with Gasteiger partial charge in [0.2, 0.25) is 0 Å². The lowest BCUT2D eigenvalue weighted by Gasteiger charge is -2.08. The molecule has 0 spiro atoms. The van der Waals surface area contributed by atoms with Gasteiger partial charge in [-0.15, -0.1) is 0 Å². The number of nitrogens with one attached hydrogen (secondary N) is 1. The molecule has 0 radical (unpaired) electrons. The maximum Gasteiger partial charge on any atom is 0.251 e. The van der Waals surface area contributed by atoms with E-state index in [-0.39, 0.29) is 5.91 Å². The number of hydrogen-bond acceptors (Lipinski definition) is 4. The van der Waals surface area contributed by atoms with E-state index in [1.165, 1.54) is 0 Å². The maximum atomic E-state index is 12.3. The number of amides is 1. The molecule has 0 atom stereocenters. The second-order valence-corrected chi connectivity index (χ2v) is 4.74. The Morgan fingerprint density at radius 1 is 1.32 bits per heavy atom. The van der Waals surface area contributed by atoms with Gasteiger partial charge in [0.1, 0.15) is 11.3 Å². The number of furan rings is 1. The first-order valence-electron chi connectivity index (χ1n) is 7.10. The molecular weight excluding hydrogens is 280 g/mol. The first kappa shape index (κ1) is 14.1. The van der Waals surface area contributed by atoms with Crippen LogP contribution in [-0.4, -0.2) is 17.5 Å². The maximum absolute atomic E-state index is 12.3. The summed E-state index contributed by atoms with van der Waals surface area (Å²) in [6.07, 6.45) is 3.28. The van der Waals surface area contributed by atoms with Crippen molar-refractivity contribution in [3.8, 4) is 5.75 Å². The lowest BCUT2D eigenvalue weighted by Crippen LogP contribution is -2.23. The zero-order valence-corrected chi connectivity index (χ0v) is 12.2. The minimum absolute atomic E-state index is 0.190. The molecule has 5 nitrogen and oxygen atoms in total. The Morgan fingerprint density at radius 3 is 3.00 bits per heavy atom. The second kappa shape index (κ2) is 6.30. The molecule has 0 fully saturated rings. The number of pyridine rings is 1. The number of nitrogens with zero attached hydrogens (tertiary/aromatic N) is 1. The average Bonchev–Trinajstić information content (AvgIpc) is 3.02. The molecular formula is C17H16N2O3. The van der Waals surface area contributed by atoms with Crippen LogP contribution in [0, 0.1) is 0 Å². The van der Waals surface area contributed by atoms with Crippen molar-refractivity contribution in [1.29, 1.82) is 0 Å². The standard InChI is InChI=1S/C17H16N2O3/c1-2-21-15-9-12(10-16-14(15)6-8-22-16)17(20)19-11-13-5-3-4-7-18-13/h3-10H,2,11H2,1H3,(H,19,20). The summed E-state index contributed by atoms with van der Waals surface area (Å²) in [5.41, 5.74) is 1.94. The topological polar surface area (TPSA) is 64.4 Å². The molecule has 1 N–H and O–H groups in total. The smallest absolute Gasteiger partial charge is 0.251 e. The summed E-state index contributed by atoms with van der Waals surface area (Å²) in [4.78, 5) is 16.5. The van der Waals surface area contributed by atoms with Crippen molar-refractivity contribution in [2.24, 2.45) is 0 Å². The molecule has 0 saturated heterocycles. The lowest BCUT2D eigenvalue weighted by molar-refractivity contribution is 0.0950. The van der Waals surface area contributed by atoms with Crippen molar-refractivity contribution in [2.75, 3.05) is 6.61 Å². The van der Waals surface area contributed by atoms with E-state index >= 15 is 0 Å². The van der Waals surface area contributed by atoms with Gasteiger partial charge in [-0.3, -0.25) is 9.78 Å². The van der Waals surface area contributed by atoms with E-state index in [0.29, 0.717) is 30.0 Å². The molecule has 2 heterocycles. The minimum Gasteiger partial charge on any atom is -0.493 e. The third-order valence-corrected chi connectivity index (χ3v) is 3.25. The largest absolute Gasteiger partial charge is 0.493 e. The summed E-state index contributed by atoms with van der Waals surface area (Å²) in [5, 5.41) is 3.71. The SMILES string of the molecule is CCOc1cc(C(=O)NCc2ccccn2)cc2occc12. The fourth-order valence-electron chi connectivity index (χ4n) is 2.22. The summed E-state index contributed by atoms with van der Waals surface area (Å²) in [5.74, 6) is 0.460. The number of rotatable bonds is 5. The van der Waals surface area contributed by atoms with Gasteiger partial charge in [0.15, 0.2) is 0 Å². The Bertz CT molecular complexity index is 781. The van der Waals surface area contributed by atoms with Crippen molar-refractivity contribution in [2.45, 2.75) is 13.5 Å². The first-order chi connectivity index (χ1) is 10.8. The van der Waals surface area contributed by atoms with E-state index in [1.54, 1.807) is 24.6 Å². The van der Waals surface area contributed by atoms with Crippen LogP contribution in [0.5, 0.6) is 5.75 Å². The van der Waals surface area contributed by atoms with Crippen LogP contribution in [0.25, 0.3) is 11.0 Å². The van der Waals surface area contributed by atoms with Crippen LogP contribution < -0.4 is 10.1 Å². The van der Waals surface area contributed by atoms with Crippen LogP contribution in [-0.2, 0) is 6.54 Å². The van der Waals surface area contributed by atoms with Crippen LogP contribution in [0.1, 0.15) is 23.0 Å². The number of fused-ring (bicyclic) bond motifs is 1. The minimum atomic E-state index is -0.190. The van der Waals surface area contributed by atoms with Gasteiger partial charge >= 0.3 is 0 Å². The zero-order chi connectivity index (χ0) is 15.4. The van der Waals surface area contributed by atoms with E-state index in [1.807, 2.05) is 31.2 Å². The van der Waals surface area contributed by atoms with Crippen LogP contribution in [0.2, 0.25) is 0 Å². The predicted molar refractivity (Wildman–Crippen MR) is 82.8 cm³/mol. The van der Waals surface area contributed by atoms with Gasteiger partial charge in [-0.05, 0) is 37.3 Å². The fraction of sp³-hybridized carbons (Fsp3) is 0.176. The molecule has 0 bridgehead atoms. The molecule has 0 aliphatic carbocycles. The highest BCUT2D eigenvalue weighted by Crippen LogP contribution is 2.28. The Labute approximate surface area is 127 Å².